The van der Waals surface area contributed by atoms with Gasteiger partial charge in [0.2, 0.25) is 5.91 Å². The lowest BCUT2D eigenvalue weighted by molar-refractivity contribution is -0.113. The van der Waals surface area contributed by atoms with Gasteiger partial charge in [0.05, 0.1) is 11.4 Å². The number of halogens is 1. The van der Waals surface area contributed by atoms with Crippen molar-refractivity contribution in [2.45, 2.75) is 18.7 Å². The number of hydrogen-bond acceptors (Lipinski definition) is 5. The van der Waals surface area contributed by atoms with E-state index in [-0.39, 0.29) is 27.4 Å². The lowest BCUT2D eigenvalue weighted by Gasteiger charge is -2.17. The summed E-state index contributed by atoms with van der Waals surface area (Å²) in [5, 5.41) is 5.67. The number of hydrogen-bond donors (Lipinski definition) is 2. The minimum atomic E-state index is -4.00. The number of sulfonamides is 1. The fraction of sp³-hybridized carbons (Fsp3) is 0.176. The van der Waals surface area contributed by atoms with Crippen LogP contribution in [0.4, 0.5) is 15.8 Å². The van der Waals surface area contributed by atoms with Gasteiger partial charge in [-0.3, -0.25) is 4.79 Å². The summed E-state index contributed by atoms with van der Waals surface area (Å²) in [5.41, 5.74) is 2.90. The third-order valence-electron chi connectivity index (χ3n) is 3.67. The molecular weight excluding hydrogens is 377 g/mol. The lowest BCUT2D eigenvalue weighted by atomic mass is 10.1. The average molecular weight is 393 g/mol. The van der Waals surface area contributed by atoms with Crippen LogP contribution in [-0.2, 0) is 14.8 Å². The molecule has 2 N–H and O–H groups in total. The summed E-state index contributed by atoms with van der Waals surface area (Å²) < 4.78 is 41.2. The predicted octanol–water partition coefficient (Wildman–Crippen LogP) is 3.28. The van der Waals surface area contributed by atoms with Crippen LogP contribution in [0.15, 0.2) is 45.7 Å². The zero-order chi connectivity index (χ0) is 18.9. The first-order valence-electron chi connectivity index (χ1n) is 7.66. The van der Waals surface area contributed by atoms with Gasteiger partial charge < -0.3 is 10.6 Å². The molecule has 2 aromatic rings. The molecular formula is C17H16FN3O3S2. The van der Waals surface area contributed by atoms with Gasteiger partial charge in [0.1, 0.15) is 10.7 Å². The molecule has 2 aromatic carbocycles. The Kier molecular flexibility index (Phi) is 5.01. The van der Waals surface area contributed by atoms with Crippen molar-refractivity contribution in [3.05, 3.63) is 53.3 Å². The summed E-state index contributed by atoms with van der Waals surface area (Å²) in [4.78, 5) is 11.9. The van der Waals surface area contributed by atoms with Gasteiger partial charge in [0.25, 0.3) is 10.0 Å². The van der Waals surface area contributed by atoms with Crippen LogP contribution in [0, 0.1) is 19.7 Å². The maximum atomic E-state index is 13.3. The SMILES string of the molecule is Cc1ccc(C)c(NC(=O)CSC2=NS(=O)(=O)c3cc(F)ccc3N2)c1. The smallest absolute Gasteiger partial charge is 0.286 e. The Labute approximate surface area is 155 Å². The number of thioether (sulfide) groups is 1. The van der Waals surface area contributed by atoms with E-state index in [0.29, 0.717) is 5.69 Å². The number of amidine groups is 1. The Morgan fingerprint density at radius 1 is 1.23 bits per heavy atom. The van der Waals surface area contributed by atoms with Crippen LogP contribution in [0.3, 0.4) is 0 Å². The Morgan fingerprint density at radius 2 is 2.00 bits per heavy atom. The zero-order valence-electron chi connectivity index (χ0n) is 14.0. The monoisotopic (exact) mass is 393 g/mol. The van der Waals surface area contributed by atoms with Crippen molar-refractivity contribution in [1.29, 1.82) is 0 Å². The van der Waals surface area contributed by atoms with Crippen molar-refractivity contribution >= 4 is 44.2 Å². The van der Waals surface area contributed by atoms with E-state index in [0.717, 1.165) is 35.0 Å². The molecule has 3 rings (SSSR count). The molecule has 0 bridgehead atoms. The third-order valence-corrected chi connectivity index (χ3v) is 5.98. The Bertz CT molecular complexity index is 1020. The van der Waals surface area contributed by atoms with Gasteiger partial charge in [0.15, 0.2) is 5.17 Å². The molecule has 136 valence electrons. The average Bonchev–Trinajstić information content (AvgIpc) is 2.57. The van der Waals surface area contributed by atoms with Gasteiger partial charge in [-0.05, 0) is 49.2 Å². The van der Waals surface area contributed by atoms with Gasteiger partial charge in [-0.2, -0.15) is 8.42 Å². The van der Waals surface area contributed by atoms with Crippen molar-refractivity contribution in [3.8, 4) is 0 Å². The lowest BCUT2D eigenvalue weighted by Crippen LogP contribution is -2.22. The van der Waals surface area contributed by atoms with Crippen molar-refractivity contribution in [2.24, 2.45) is 4.40 Å². The first kappa shape index (κ1) is 18.4. The Morgan fingerprint density at radius 3 is 2.77 bits per heavy atom. The fourth-order valence-corrected chi connectivity index (χ4v) is 4.41. The molecule has 1 amide bonds. The number of aryl methyl sites for hydroxylation is 2. The number of anilines is 2. The number of rotatable bonds is 3. The van der Waals surface area contributed by atoms with Gasteiger partial charge in [0, 0.05) is 5.69 Å². The van der Waals surface area contributed by atoms with Gasteiger partial charge in [-0.1, -0.05) is 23.9 Å². The van der Waals surface area contributed by atoms with Crippen LogP contribution in [0.2, 0.25) is 0 Å². The highest BCUT2D eigenvalue weighted by molar-refractivity contribution is 8.15. The molecule has 1 aliphatic rings. The molecule has 1 aliphatic heterocycles. The summed E-state index contributed by atoms with van der Waals surface area (Å²) in [7, 11) is -4.00. The molecule has 0 spiro atoms. The first-order chi connectivity index (χ1) is 12.2. The highest BCUT2D eigenvalue weighted by atomic mass is 32.2. The number of carbonyl (C=O) groups is 1. The summed E-state index contributed by atoms with van der Waals surface area (Å²) in [6.45, 7) is 3.81. The van der Waals surface area contributed by atoms with Gasteiger partial charge in [-0.15, -0.1) is 4.40 Å². The Balaban J connectivity index is 1.69. The highest BCUT2D eigenvalue weighted by Gasteiger charge is 2.26. The van der Waals surface area contributed by atoms with E-state index in [1.165, 1.54) is 6.07 Å². The van der Waals surface area contributed by atoms with Gasteiger partial charge >= 0.3 is 0 Å². The molecule has 26 heavy (non-hydrogen) atoms. The minimum absolute atomic E-state index is 0.0226. The van der Waals surface area contributed by atoms with Crippen LogP contribution in [-0.4, -0.2) is 25.2 Å². The predicted molar refractivity (Wildman–Crippen MR) is 102 cm³/mol. The maximum absolute atomic E-state index is 13.3. The third kappa shape index (κ3) is 4.05. The largest absolute Gasteiger partial charge is 0.333 e. The zero-order valence-corrected chi connectivity index (χ0v) is 15.7. The molecule has 0 fully saturated rings. The van der Waals surface area contributed by atoms with E-state index in [2.05, 4.69) is 15.0 Å². The van der Waals surface area contributed by atoms with Crippen LogP contribution >= 0.6 is 11.8 Å². The Hall–Kier alpha value is -2.39. The highest BCUT2D eigenvalue weighted by Crippen LogP contribution is 2.30. The second kappa shape index (κ2) is 7.08. The summed E-state index contributed by atoms with van der Waals surface area (Å²) in [6, 6.07) is 9.12. The van der Waals surface area contributed by atoms with Crippen molar-refractivity contribution in [1.82, 2.24) is 0 Å². The van der Waals surface area contributed by atoms with E-state index < -0.39 is 15.8 Å². The van der Waals surface area contributed by atoms with Crippen LogP contribution in [0.5, 0.6) is 0 Å². The number of nitrogens with zero attached hydrogens (tertiary/aromatic N) is 1. The van der Waals surface area contributed by atoms with E-state index in [1.807, 2.05) is 32.0 Å². The quantitative estimate of drug-likeness (QED) is 0.836. The second-order valence-electron chi connectivity index (χ2n) is 5.79. The molecule has 0 unspecified atom stereocenters. The topological polar surface area (TPSA) is 87.6 Å². The molecule has 0 saturated carbocycles. The summed E-state index contributed by atoms with van der Waals surface area (Å²) in [6.07, 6.45) is 0. The molecule has 6 nitrogen and oxygen atoms in total. The molecule has 0 aliphatic carbocycles. The summed E-state index contributed by atoms with van der Waals surface area (Å²) >= 11 is 0.959. The minimum Gasteiger partial charge on any atom is -0.333 e. The number of benzene rings is 2. The number of fused-ring (bicyclic) bond motifs is 1. The van der Waals surface area contributed by atoms with E-state index >= 15 is 0 Å². The van der Waals surface area contributed by atoms with Crippen molar-refractivity contribution in [3.63, 3.8) is 0 Å². The van der Waals surface area contributed by atoms with Gasteiger partial charge in [-0.25, -0.2) is 4.39 Å². The molecule has 0 saturated heterocycles. The fourth-order valence-electron chi connectivity index (χ4n) is 2.36. The molecule has 0 aromatic heterocycles. The molecule has 0 radical (unpaired) electrons. The standard InChI is InChI=1S/C17H16FN3O3S2/c1-10-3-4-11(2)14(7-10)19-16(22)9-25-17-20-13-6-5-12(18)8-15(13)26(23,24)21-17/h3-8H,9H2,1-2H3,(H,19,22)(H,20,21). The second-order valence-corrected chi connectivity index (χ2v) is 8.33. The van der Waals surface area contributed by atoms with Crippen molar-refractivity contribution in [2.75, 3.05) is 16.4 Å². The number of amides is 1. The number of nitrogens with one attached hydrogen (secondary N) is 2. The molecule has 1 heterocycles. The van der Waals surface area contributed by atoms with Crippen LogP contribution in [0.25, 0.3) is 0 Å². The normalized spacial score (nSPS) is 14.8. The van der Waals surface area contributed by atoms with Crippen LogP contribution < -0.4 is 10.6 Å². The van der Waals surface area contributed by atoms with E-state index in [1.54, 1.807) is 0 Å². The van der Waals surface area contributed by atoms with E-state index in [4.69, 9.17) is 0 Å². The summed E-state index contributed by atoms with van der Waals surface area (Å²) in [5.74, 6) is -0.963. The first-order valence-corrected chi connectivity index (χ1v) is 10.1. The van der Waals surface area contributed by atoms with Crippen molar-refractivity contribution < 1.29 is 17.6 Å². The maximum Gasteiger partial charge on any atom is 0.286 e. The van der Waals surface area contributed by atoms with Crippen LogP contribution in [0.1, 0.15) is 11.1 Å². The van der Waals surface area contributed by atoms with E-state index in [9.17, 15) is 17.6 Å². The molecule has 0 atom stereocenters. The number of carbonyl (C=O) groups excluding carboxylic acids is 1. The molecule has 9 heteroatoms.